The molecule has 0 saturated carbocycles. The standard InChI is InChI=1S/4C4H6N2.2N3.Ni/c4*1-4-2-3-5-6-4;2*1-3-2;/h4*2-3H,1H3,(H,5,6);;;/q;;;;2*-1;+2. The van der Waals surface area contributed by atoms with Crippen molar-refractivity contribution in [1.29, 1.82) is 0 Å². The zero-order valence-corrected chi connectivity index (χ0v) is 18.4. The Bertz CT molecular complexity index is 730. The monoisotopic (exact) mass is 470 g/mol. The van der Waals surface area contributed by atoms with Gasteiger partial charge in [0.2, 0.25) is 0 Å². The third kappa shape index (κ3) is 26.0. The molecule has 0 amide bonds. The first-order valence-corrected chi connectivity index (χ1v) is 8.22. The molecule has 0 unspecified atom stereocenters. The van der Waals surface area contributed by atoms with E-state index in [0.29, 0.717) is 0 Å². The summed E-state index contributed by atoms with van der Waals surface area (Å²) in [7, 11) is 0. The fourth-order valence-electron chi connectivity index (χ4n) is 1.30. The molecule has 0 aliphatic carbocycles. The molecule has 4 heterocycles. The number of rotatable bonds is 0. The van der Waals surface area contributed by atoms with E-state index in [1.54, 1.807) is 24.8 Å². The van der Waals surface area contributed by atoms with Gasteiger partial charge in [0.1, 0.15) is 0 Å². The van der Waals surface area contributed by atoms with Crippen molar-refractivity contribution in [1.82, 2.24) is 40.8 Å². The van der Waals surface area contributed by atoms with Gasteiger partial charge in [0.15, 0.2) is 0 Å². The normalized spacial score (nSPS) is 7.35. The number of aromatic amines is 4. The molecular formula is C16H24N14Ni. The summed E-state index contributed by atoms with van der Waals surface area (Å²) in [4.78, 5) is 3.00. The van der Waals surface area contributed by atoms with Gasteiger partial charge < -0.3 is 22.1 Å². The van der Waals surface area contributed by atoms with Crippen LogP contribution >= 0.6 is 0 Å². The third-order valence-electron chi connectivity index (χ3n) is 2.56. The molecule has 0 radical (unpaired) electrons. The maximum atomic E-state index is 6.75. The number of hydrogen-bond donors (Lipinski definition) is 4. The van der Waals surface area contributed by atoms with Gasteiger partial charge in [-0.25, -0.2) is 0 Å². The molecule has 31 heavy (non-hydrogen) atoms. The first-order chi connectivity index (χ1) is 14.4. The molecular weight excluding hydrogens is 447 g/mol. The molecule has 0 spiro atoms. The Kier molecular flexibility index (Phi) is 24.5. The second-order valence-electron chi connectivity index (χ2n) is 5.14. The van der Waals surface area contributed by atoms with Crippen LogP contribution in [-0.2, 0) is 16.5 Å². The minimum Gasteiger partial charge on any atom is -0.373 e. The van der Waals surface area contributed by atoms with E-state index in [9.17, 15) is 0 Å². The smallest absolute Gasteiger partial charge is 0.373 e. The van der Waals surface area contributed by atoms with Crippen LogP contribution in [0.4, 0.5) is 0 Å². The average molecular weight is 471 g/mol. The third-order valence-corrected chi connectivity index (χ3v) is 2.56. The molecule has 0 bridgehead atoms. The van der Waals surface area contributed by atoms with Crippen LogP contribution in [0.25, 0.3) is 31.9 Å². The molecule has 0 saturated heterocycles. The van der Waals surface area contributed by atoms with Crippen LogP contribution < -0.4 is 0 Å². The molecule has 15 heteroatoms. The summed E-state index contributed by atoms with van der Waals surface area (Å²) in [6.45, 7) is 7.86. The molecule has 0 aromatic carbocycles. The first-order valence-electron chi connectivity index (χ1n) is 8.22. The van der Waals surface area contributed by atoms with Crippen molar-refractivity contribution in [3.63, 3.8) is 0 Å². The summed E-state index contributed by atoms with van der Waals surface area (Å²) < 4.78 is 0. The number of aryl methyl sites for hydroxylation is 4. The van der Waals surface area contributed by atoms with E-state index in [0.717, 1.165) is 22.8 Å². The van der Waals surface area contributed by atoms with Crippen LogP contribution in [-0.4, -0.2) is 40.8 Å². The second-order valence-corrected chi connectivity index (χ2v) is 5.14. The Balaban J connectivity index is -0.000000309. The fraction of sp³-hybridized carbons (Fsp3) is 0.250. The van der Waals surface area contributed by atoms with Gasteiger partial charge in [-0.1, -0.05) is 0 Å². The van der Waals surface area contributed by atoms with Crippen LogP contribution in [0.3, 0.4) is 0 Å². The van der Waals surface area contributed by atoms with E-state index >= 15 is 0 Å². The summed E-state index contributed by atoms with van der Waals surface area (Å²) in [5.74, 6) is 0. The van der Waals surface area contributed by atoms with Gasteiger partial charge in [-0.05, 0) is 52.0 Å². The van der Waals surface area contributed by atoms with E-state index in [1.807, 2.05) is 52.0 Å². The topological polar surface area (TPSA) is 232 Å². The van der Waals surface area contributed by atoms with Crippen LogP contribution in [0.15, 0.2) is 49.1 Å². The van der Waals surface area contributed by atoms with E-state index in [2.05, 4.69) is 40.8 Å². The number of hydrogen-bond acceptors (Lipinski definition) is 4. The summed E-state index contributed by atoms with van der Waals surface area (Å²) in [6.07, 6.45) is 6.93. The molecule has 4 aromatic heterocycles. The molecule has 0 atom stereocenters. The molecule has 14 nitrogen and oxygen atoms in total. The van der Waals surface area contributed by atoms with Crippen molar-refractivity contribution in [2.75, 3.05) is 0 Å². The predicted molar refractivity (Wildman–Crippen MR) is 113 cm³/mol. The first kappa shape index (κ1) is 31.6. The molecule has 0 aliphatic heterocycles. The zero-order chi connectivity index (χ0) is 23.0. The van der Waals surface area contributed by atoms with Gasteiger partial charge in [0, 0.05) is 47.6 Å². The molecule has 4 rings (SSSR count). The molecule has 0 aliphatic rings. The van der Waals surface area contributed by atoms with Crippen molar-refractivity contribution in [3.8, 4) is 0 Å². The summed E-state index contributed by atoms with van der Waals surface area (Å²) in [5, 5.41) is 25.8. The molecule has 0 fully saturated rings. The summed E-state index contributed by atoms with van der Waals surface area (Å²) in [5.41, 5.74) is 31.4. The Morgan fingerprint density at radius 2 is 0.677 bits per heavy atom. The number of nitrogens with zero attached hydrogens (tertiary/aromatic N) is 10. The fourth-order valence-corrected chi connectivity index (χ4v) is 1.30. The van der Waals surface area contributed by atoms with Gasteiger partial charge in [0.05, 0.1) is 0 Å². The Hall–Kier alpha value is -4.05. The summed E-state index contributed by atoms with van der Waals surface area (Å²) in [6, 6.07) is 7.67. The Morgan fingerprint density at radius 3 is 0.710 bits per heavy atom. The molecule has 4 aromatic rings. The van der Waals surface area contributed by atoms with E-state index in [1.165, 1.54) is 9.82 Å². The summed E-state index contributed by atoms with van der Waals surface area (Å²) >= 11 is 0. The maximum absolute atomic E-state index is 6.75. The van der Waals surface area contributed by atoms with E-state index < -0.39 is 0 Å². The molecule has 168 valence electrons. The SMILES string of the molecule is Cc1ccn[nH]1.Cc1ccn[nH]1.Cc1ccn[nH]1.Cc1ccn[nH]1.[N-]=[N+]=[N-].[N-]=[N+]=[N-].[Ni+2]. The van der Waals surface area contributed by atoms with Crippen LogP contribution in [0, 0.1) is 27.7 Å². The van der Waals surface area contributed by atoms with Gasteiger partial charge in [-0.3, -0.25) is 30.2 Å². The van der Waals surface area contributed by atoms with Gasteiger partial charge in [-0.15, -0.1) is 0 Å². The minimum atomic E-state index is 0. The van der Waals surface area contributed by atoms with Crippen molar-refractivity contribution in [2.45, 2.75) is 27.7 Å². The minimum absolute atomic E-state index is 0. The van der Waals surface area contributed by atoms with Crippen LogP contribution in [0.1, 0.15) is 22.8 Å². The molecule has 4 N–H and O–H groups in total. The van der Waals surface area contributed by atoms with Gasteiger partial charge >= 0.3 is 16.5 Å². The Labute approximate surface area is 189 Å². The van der Waals surface area contributed by atoms with Gasteiger partial charge in [-0.2, -0.15) is 20.4 Å². The van der Waals surface area contributed by atoms with Crippen LogP contribution in [0.2, 0.25) is 0 Å². The van der Waals surface area contributed by atoms with Crippen molar-refractivity contribution in [2.24, 2.45) is 0 Å². The predicted octanol–water partition coefficient (Wildman–Crippen LogP) is 4.60. The Morgan fingerprint density at radius 1 is 0.516 bits per heavy atom. The second kappa shape index (κ2) is 24.0. The maximum Gasteiger partial charge on any atom is 2.00 e. The number of H-pyrrole nitrogens is 4. The quantitative estimate of drug-likeness (QED) is 0.124. The van der Waals surface area contributed by atoms with Gasteiger partial charge in [0.25, 0.3) is 0 Å². The average Bonchev–Trinajstić information content (AvgIpc) is 3.49. The van der Waals surface area contributed by atoms with Crippen molar-refractivity contribution < 1.29 is 16.5 Å². The van der Waals surface area contributed by atoms with Crippen molar-refractivity contribution in [3.05, 3.63) is 104 Å². The largest absolute Gasteiger partial charge is 2.00 e. The van der Waals surface area contributed by atoms with E-state index in [4.69, 9.17) is 22.1 Å². The van der Waals surface area contributed by atoms with E-state index in [-0.39, 0.29) is 16.5 Å². The zero-order valence-electron chi connectivity index (χ0n) is 17.4. The van der Waals surface area contributed by atoms with Crippen LogP contribution in [0.5, 0.6) is 0 Å². The number of nitrogens with one attached hydrogen (secondary N) is 4. The number of aromatic nitrogens is 8. The van der Waals surface area contributed by atoms with Crippen molar-refractivity contribution >= 4 is 0 Å².